The number of likely N-dealkylation sites (tertiary alicyclic amines) is 1. The first-order valence-corrected chi connectivity index (χ1v) is 8.27. The van der Waals surface area contributed by atoms with E-state index in [1.54, 1.807) is 0 Å². The van der Waals surface area contributed by atoms with Crippen molar-refractivity contribution in [3.05, 3.63) is 30.2 Å². The molecule has 23 heavy (non-hydrogen) atoms. The van der Waals surface area contributed by atoms with Crippen LogP contribution < -0.4 is 5.32 Å². The lowest BCUT2D eigenvalue weighted by Gasteiger charge is -2.19. The lowest BCUT2D eigenvalue weighted by atomic mass is 10.1. The molecule has 0 bridgehead atoms. The van der Waals surface area contributed by atoms with Gasteiger partial charge in [0.1, 0.15) is 0 Å². The summed E-state index contributed by atoms with van der Waals surface area (Å²) in [6.07, 6.45) is 3.53. The van der Waals surface area contributed by atoms with Crippen molar-refractivity contribution < 1.29 is 9.32 Å². The first-order chi connectivity index (χ1) is 11.3. The molecule has 2 amide bonds. The van der Waals surface area contributed by atoms with E-state index in [9.17, 15) is 4.79 Å². The van der Waals surface area contributed by atoms with Gasteiger partial charge in [0.2, 0.25) is 11.7 Å². The molecule has 1 aromatic heterocycles. The molecule has 6 heteroatoms. The summed E-state index contributed by atoms with van der Waals surface area (Å²) in [7, 11) is 0. The van der Waals surface area contributed by atoms with Crippen molar-refractivity contribution in [2.24, 2.45) is 11.8 Å². The molecule has 118 valence electrons. The molecule has 3 aliphatic rings. The molecule has 2 saturated carbocycles. The Labute approximate surface area is 133 Å². The number of carbonyl (C=O) groups is 1. The summed E-state index contributed by atoms with van der Waals surface area (Å²) in [6, 6.07) is 7.59. The van der Waals surface area contributed by atoms with Crippen LogP contribution in [0, 0.1) is 11.8 Å². The molecule has 1 N–H and O–H groups in total. The Balaban J connectivity index is 1.38. The van der Waals surface area contributed by atoms with Crippen LogP contribution in [0.25, 0.3) is 11.4 Å². The zero-order valence-electron chi connectivity index (χ0n) is 12.7. The second-order valence-corrected chi connectivity index (χ2v) is 6.87. The minimum absolute atomic E-state index is 0.0319. The van der Waals surface area contributed by atoms with Gasteiger partial charge < -0.3 is 14.7 Å². The molecular weight excluding hydrogens is 292 g/mol. The Morgan fingerprint density at radius 3 is 2.78 bits per heavy atom. The molecule has 2 atom stereocenters. The highest BCUT2D eigenvalue weighted by molar-refractivity contribution is 5.93. The number of hydrogen-bond donors (Lipinski definition) is 1. The number of amides is 2. The monoisotopic (exact) mass is 310 g/mol. The average Bonchev–Trinajstić information content (AvgIpc) is 3.47. The van der Waals surface area contributed by atoms with Gasteiger partial charge >= 0.3 is 6.03 Å². The number of nitrogens with zero attached hydrogens (tertiary/aromatic N) is 3. The highest BCUT2D eigenvalue weighted by Gasteiger charge is 2.46. The second-order valence-electron chi connectivity index (χ2n) is 6.87. The molecule has 0 radical (unpaired) electrons. The number of urea groups is 1. The number of hydrogen-bond acceptors (Lipinski definition) is 4. The van der Waals surface area contributed by atoms with Crippen LogP contribution in [0.2, 0.25) is 0 Å². The minimum Gasteiger partial charge on any atom is -0.339 e. The van der Waals surface area contributed by atoms with Crippen molar-refractivity contribution in [3.8, 4) is 11.4 Å². The van der Waals surface area contributed by atoms with Crippen molar-refractivity contribution >= 4 is 11.7 Å². The van der Waals surface area contributed by atoms with Crippen LogP contribution in [0.15, 0.2) is 28.8 Å². The van der Waals surface area contributed by atoms with E-state index in [0.717, 1.165) is 49.0 Å². The van der Waals surface area contributed by atoms with Crippen molar-refractivity contribution in [2.75, 3.05) is 18.4 Å². The van der Waals surface area contributed by atoms with E-state index in [4.69, 9.17) is 4.52 Å². The van der Waals surface area contributed by atoms with Crippen molar-refractivity contribution in [2.45, 2.75) is 25.2 Å². The van der Waals surface area contributed by atoms with Gasteiger partial charge in [0.25, 0.3) is 0 Å². The summed E-state index contributed by atoms with van der Waals surface area (Å²) in [6.45, 7) is 1.76. The smallest absolute Gasteiger partial charge is 0.321 e. The van der Waals surface area contributed by atoms with E-state index in [-0.39, 0.29) is 6.03 Å². The molecule has 6 nitrogen and oxygen atoms in total. The van der Waals surface area contributed by atoms with Crippen LogP contribution in [-0.4, -0.2) is 34.2 Å². The molecular formula is C17H18N4O2. The van der Waals surface area contributed by atoms with Crippen molar-refractivity contribution in [1.29, 1.82) is 0 Å². The molecule has 2 heterocycles. The fourth-order valence-electron chi connectivity index (χ4n) is 3.39. The number of para-hydroxylation sites is 1. The predicted octanol–water partition coefficient (Wildman–Crippen LogP) is 3.10. The largest absolute Gasteiger partial charge is 0.339 e. The van der Waals surface area contributed by atoms with Gasteiger partial charge in [-0.05, 0) is 43.2 Å². The maximum atomic E-state index is 12.4. The number of anilines is 1. The molecule has 2 aliphatic carbocycles. The number of rotatable bonds is 3. The number of benzene rings is 1. The third kappa shape index (κ3) is 2.38. The first kappa shape index (κ1) is 13.1. The molecule has 1 aromatic carbocycles. The summed E-state index contributed by atoms with van der Waals surface area (Å²) in [5.41, 5.74) is 1.54. The Morgan fingerprint density at radius 1 is 1.22 bits per heavy atom. The molecule has 1 saturated heterocycles. The number of piperidine rings is 1. The Kier molecular flexibility index (Phi) is 2.74. The standard InChI is InChI=1S/C17H18N4O2/c22-17(21-8-11-7-12(11)9-21)18-14-4-2-1-3-13(14)15-19-16(23-20-15)10-5-6-10/h1-4,10-12H,5-9H2,(H,18,22). The Morgan fingerprint density at radius 2 is 2.00 bits per heavy atom. The summed E-state index contributed by atoms with van der Waals surface area (Å²) in [5.74, 6) is 3.14. The lowest BCUT2D eigenvalue weighted by Crippen LogP contribution is -2.34. The highest BCUT2D eigenvalue weighted by Crippen LogP contribution is 2.45. The molecule has 0 spiro atoms. The maximum absolute atomic E-state index is 12.4. The van der Waals surface area contributed by atoms with Gasteiger partial charge in [-0.25, -0.2) is 4.79 Å². The fraction of sp³-hybridized carbons (Fsp3) is 0.471. The number of nitrogens with one attached hydrogen (secondary N) is 1. The summed E-state index contributed by atoms with van der Waals surface area (Å²) < 4.78 is 5.34. The fourth-order valence-corrected chi connectivity index (χ4v) is 3.39. The quantitative estimate of drug-likeness (QED) is 0.945. The van der Waals surface area contributed by atoms with Gasteiger partial charge in [-0.1, -0.05) is 17.3 Å². The second kappa shape index (κ2) is 4.81. The SMILES string of the molecule is O=C(Nc1ccccc1-c1noc(C2CC2)n1)N1CC2CC2C1. The summed E-state index contributed by atoms with van der Waals surface area (Å²) in [5, 5.41) is 7.09. The summed E-state index contributed by atoms with van der Waals surface area (Å²) in [4.78, 5) is 18.8. The van der Waals surface area contributed by atoms with Crippen molar-refractivity contribution in [1.82, 2.24) is 15.0 Å². The van der Waals surface area contributed by atoms with Crippen LogP contribution in [0.3, 0.4) is 0 Å². The van der Waals surface area contributed by atoms with E-state index < -0.39 is 0 Å². The third-order valence-electron chi connectivity index (χ3n) is 5.04. The van der Waals surface area contributed by atoms with Crippen LogP contribution in [0.5, 0.6) is 0 Å². The molecule has 5 rings (SSSR count). The van der Waals surface area contributed by atoms with Gasteiger partial charge in [-0.15, -0.1) is 0 Å². The van der Waals surface area contributed by atoms with Crippen LogP contribution in [-0.2, 0) is 0 Å². The van der Waals surface area contributed by atoms with Crippen LogP contribution in [0.4, 0.5) is 10.5 Å². The normalized spacial score (nSPS) is 25.3. The third-order valence-corrected chi connectivity index (χ3v) is 5.04. The summed E-state index contributed by atoms with van der Waals surface area (Å²) >= 11 is 0. The topological polar surface area (TPSA) is 71.3 Å². The van der Waals surface area contributed by atoms with Gasteiger partial charge in [0, 0.05) is 24.6 Å². The van der Waals surface area contributed by atoms with Crippen LogP contribution in [0.1, 0.15) is 31.1 Å². The van der Waals surface area contributed by atoms with Gasteiger partial charge in [-0.3, -0.25) is 0 Å². The van der Waals surface area contributed by atoms with Crippen molar-refractivity contribution in [3.63, 3.8) is 0 Å². The molecule has 1 aliphatic heterocycles. The van der Waals surface area contributed by atoms with Gasteiger partial charge in [0.15, 0.2) is 0 Å². The zero-order valence-corrected chi connectivity index (χ0v) is 12.7. The number of aromatic nitrogens is 2. The van der Waals surface area contributed by atoms with Crippen LogP contribution >= 0.6 is 0 Å². The van der Waals surface area contributed by atoms with E-state index >= 15 is 0 Å². The van der Waals surface area contributed by atoms with Gasteiger partial charge in [0.05, 0.1) is 5.69 Å². The number of fused-ring (bicyclic) bond motifs is 1. The van der Waals surface area contributed by atoms with E-state index in [0.29, 0.717) is 17.6 Å². The maximum Gasteiger partial charge on any atom is 0.321 e. The molecule has 2 unspecified atom stereocenters. The van der Waals surface area contributed by atoms with E-state index in [1.807, 2.05) is 29.2 Å². The molecule has 3 fully saturated rings. The Hall–Kier alpha value is -2.37. The van der Waals surface area contributed by atoms with Gasteiger partial charge in [-0.2, -0.15) is 4.98 Å². The minimum atomic E-state index is -0.0319. The lowest BCUT2D eigenvalue weighted by molar-refractivity contribution is 0.217. The van der Waals surface area contributed by atoms with E-state index in [1.165, 1.54) is 6.42 Å². The number of carbonyl (C=O) groups excluding carboxylic acids is 1. The Bertz CT molecular complexity index is 757. The highest BCUT2D eigenvalue weighted by atomic mass is 16.5. The predicted molar refractivity (Wildman–Crippen MR) is 83.9 cm³/mol. The van der Waals surface area contributed by atoms with E-state index in [2.05, 4.69) is 15.5 Å². The molecule has 2 aromatic rings. The first-order valence-electron chi connectivity index (χ1n) is 8.27. The average molecular weight is 310 g/mol. The zero-order chi connectivity index (χ0) is 15.4.